The Kier molecular flexibility index (Phi) is 5.38. The van der Waals surface area contributed by atoms with Crippen molar-refractivity contribution in [2.24, 2.45) is 22.1 Å². The number of hydrogen-bond donors (Lipinski definition) is 2. The van der Waals surface area contributed by atoms with Gasteiger partial charge in [-0.25, -0.2) is 15.6 Å². The molecule has 1 heterocycles. The molecule has 1 spiro atoms. The normalized spacial score (nSPS) is 28.2. The van der Waals surface area contributed by atoms with Gasteiger partial charge in [0, 0.05) is 6.54 Å². The summed E-state index contributed by atoms with van der Waals surface area (Å²) in [6, 6.07) is -1.12. The lowest BCUT2D eigenvalue weighted by Gasteiger charge is -2.39. The molecule has 2 fully saturated rings. The third kappa shape index (κ3) is 4.24. The molecule has 7 heteroatoms. The van der Waals surface area contributed by atoms with E-state index in [4.69, 9.17) is 10.6 Å². The number of hydrazine groups is 1. The minimum absolute atomic E-state index is 0.0594. The SMILES string of the molecule is CC(C)(C)OC(=O)N(N)[C@H](C(=O)N1CC2(C[C@H]1CO)CC2(C)C)C(C)(C)C. The molecule has 156 valence electrons. The van der Waals surface area contributed by atoms with Gasteiger partial charge in [-0.15, -0.1) is 0 Å². The van der Waals surface area contributed by atoms with Crippen molar-refractivity contribution in [2.45, 2.75) is 85.9 Å². The fourth-order valence-corrected chi connectivity index (χ4v) is 4.41. The molecular weight excluding hydrogens is 346 g/mol. The lowest BCUT2D eigenvalue weighted by Crippen LogP contribution is -2.61. The third-order valence-corrected chi connectivity index (χ3v) is 6.06. The Labute approximate surface area is 163 Å². The highest BCUT2D eigenvalue weighted by Crippen LogP contribution is 2.68. The van der Waals surface area contributed by atoms with Gasteiger partial charge < -0.3 is 14.7 Å². The zero-order chi connectivity index (χ0) is 21.0. The molecule has 3 atom stereocenters. The largest absolute Gasteiger partial charge is 0.443 e. The molecule has 0 aromatic carbocycles. The molecule has 0 aromatic rings. The average Bonchev–Trinajstić information content (AvgIpc) is 2.82. The zero-order valence-corrected chi connectivity index (χ0v) is 18.1. The van der Waals surface area contributed by atoms with Crippen LogP contribution in [0.5, 0.6) is 0 Å². The number of carbonyl (C=O) groups is 2. The van der Waals surface area contributed by atoms with Crippen molar-refractivity contribution in [1.29, 1.82) is 0 Å². The second kappa shape index (κ2) is 6.62. The summed E-state index contributed by atoms with van der Waals surface area (Å²) in [4.78, 5) is 27.7. The van der Waals surface area contributed by atoms with Crippen LogP contribution in [0.1, 0.15) is 68.2 Å². The Morgan fingerprint density at radius 1 is 1.26 bits per heavy atom. The molecule has 2 aliphatic rings. The summed E-state index contributed by atoms with van der Waals surface area (Å²) in [6.07, 6.45) is 1.10. The number of carbonyl (C=O) groups excluding carboxylic acids is 2. The smallest absolute Gasteiger partial charge is 0.425 e. The molecule has 3 N–H and O–H groups in total. The molecule has 27 heavy (non-hydrogen) atoms. The van der Waals surface area contributed by atoms with Gasteiger partial charge in [-0.1, -0.05) is 34.6 Å². The van der Waals surface area contributed by atoms with Gasteiger partial charge in [0.15, 0.2) is 0 Å². The van der Waals surface area contributed by atoms with Crippen molar-refractivity contribution in [3.05, 3.63) is 0 Å². The summed E-state index contributed by atoms with van der Waals surface area (Å²) in [5, 5.41) is 10.8. The average molecular weight is 384 g/mol. The lowest BCUT2D eigenvalue weighted by molar-refractivity contribution is -0.143. The molecule has 0 aromatic heterocycles. The van der Waals surface area contributed by atoms with Crippen LogP contribution in [0.15, 0.2) is 0 Å². The van der Waals surface area contributed by atoms with Crippen LogP contribution in [-0.4, -0.2) is 57.9 Å². The van der Waals surface area contributed by atoms with Crippen molar-refractivity contribution in [2.75, 3.05) is 13.2 Å². The predicted molar refractivity (Wildman–Crippen MR) is 104 cm³/mol. The van der Waals surface area contributed by atoms with Gasteiger partial charge in [0.2, 0.25) is 5.91 Å². The van der Waals surface area contributed by atoms with Gasteiger partial charge in [-0.05, 0) is 49.9 Å². The van der Waals surface area contributed by atoms with E-state index in [1.807, 2.05) is 20.8 Å². The number of ether oxygens (including phenoxy) is 1. The number of amides is 2. The minimum Gasteiger partial charge on any atom is -0.443 e. The number of aliphatic hydroxyl groups is 1. The molecule has 1 aliphatic carbocycles. The molecule has 2 amide bonds. The van der Waals surface area contributed by atoms with Crippen LogP contribution in [0.3, 0.4) is 0 Å². The highest BCUT2D eigenvalue weighted by atomic mass is 16.6. The van der Waals surface area contributed by atoms with E-state index < -0.39 is 23.2 Å². The summed E-state index contributed by atoms with van der Waals surface area (Å²) < 4.78 is 5.37. The molecule has 7 nitrogen and oxygen atoms in total. The Bertz CT molecular complexity index is 605. The summed E-state index contributed by atoms with van der Waals surface area (Å²) in [5.41, 5.74) is -1.06. The number of rotatable bonds is 3. The fraction of sp³-hybridized carbons (Fsp3) is 0.900. The minimum atomic E-state index is -0.876. The number of likely N-dealkylation sites (tertiary alicyclic amines) is 1. The lowest BCUT2D eigenvalue weighted by atomic mass is 9.85. The van der Waals surface area contributed by atoms with Gasteiger partial charge in [-0.3, -0.25) is 4.79 Å². The molecule has 1 unspecified atom stereocenters. The van der Waals surface area contributed by atoms with Gasteiger partial charge in [0.1, 0.15) is 11.6 Å². The van der Waals surface area contributed by atoms with Gasteiger partial charge in [-0.2, -0.15) is 0 Å². The standard InChI is InChI=1S/C20H37N3O4/c1-17(2,3)14(23(21)16(26)27-18(4,5)6)15(25)22-12-20(9-13(22)10-24)11-19(20,7)8/h13-14,24H,9-12,21H2,1-8H3/t13-,14+,20?/m0/s1. The van der Waals surface area contributed by atoms with E-state index in [0.717, 1.165) is 17.9 Å². The third-order valence-electron chi connectivity index (χ3n) is 6.06. The number of nitrogens with zero attached hydrogens (tertiary/aromatic N) is 2. The van der Waals surface area contributed by atoms with Crippen molar-refractivity contribution >= 4 is 12.0 Å². The predicted octanol–water partition coefficient (Wildman–Crippen LogP) is 2.52. The van der Waals surface area contributed by atoms with Gasteiger partial charge >= 0.3 is 6.09 Å². The summed E-state index contributed by atoms with van der Waals surface area (Å²) in [5.74, 6) is 5.87. The first-order valence-electron chi connectivity index (χ1n) is 9.73. The monoisotopic (exact) mass is 383 g/mol. The van der Waals surface area contributed by atoms with Crippen LogP contribution < -0.4 is 5.84 Å². The summed E-state index contributed by atoms with van der Waals surface area (Å²) in [6.45, 7) is 15.8. The number of aliphatic hydroxyl groups excluding tert-OH is 1. The molecule has 2 rings (SSSR count). The number of hydrogen-bond acceptors (Lipinski definition) is 5. The topological polar surface area (TPSA) is 96.1 Å². The van der Waals surface area contributed by atoms with E-state index >= 15 is 0 Å². The van der Waals surface area contributed by atoms with Crippen LogP contribution >= 0.6 is 0 Å². The molecular formula is C20H37N3O4. The van der Waals surface area contributed by atoms with Crippen molar-refractivity contribution in [3.8, 4) is 0 Å². The second-order valence-corrected chi connectivity index (χ2v) is 11.0. The molecule has 1 saturated heterocycles. The van der Waals surface area contributed by atoms with Crippen LogP contribution in [0.4, 0.5) is 4.79 Å². The van der Waals surface area contributed by atoms with E-state index in [2.05, 4.69) is 13.8 Å². The van der Waals surface area contributed by atoms with Crippen molar-refractivity contribution in [1.82, 2.24) is 9.91 Å². The fourth-order valence-electron chi connectivity index (χ4n) is 4.41. The van der Waals surface area contributed by atoms with Crippen LogP contribution in [0, 0.1) is 16.2 Å². The highest BCUT2D eigenvalue weighted by molar-refractivity contribution is 5.87. The van der Waals surface area contributed by atoms with Gasteiger partial charge in [0.25, 0.3) is 0 Å². The van der Waals surface area contributed by atoms with Crippen LogP contribution in [0.2, 0.25) is 0 Å². The highest BCUT2D eigenvalue weighted by Gasteiger charge is 2.66. The number of nitrogens with two attached hydrogens (primary N) is 1. The first-order valence-corrected chi connectivity index (χ1v) is 9.73. The van der Waals surface area contributed by atoms with E-state index in [0.29, 0.717) is 6.54 Å². The van der Waals surface area contributed by atoms with Crippen LogP contribution in [0.25, 0.3) is 0 Å². The zero-order valence-electron chi connectivity index (χ0n) is 18.1. The maximum atomic E-state index is 13.5. The Balaban J connectivity index is 2.26. The maximum Gasteiger partial charge on any atom is 0.425 e. The first kappa shape index (κ1) is 22.0. The molecule has 1 aliphatic heterocycles. The molecule has 0 bridgehead atoms. The van der Waals surface area contributed by atoms with Crippen LogP contribution in [-0.2, 0) is 9.53 Å². The van der Waals surface area contributed by atoms with E-state index in [1.54, 1.807) is 25.7 Å². The Morgan fingerprint density at radius 3 is 2.15 bits per heavy atom. The second-order valence-electron chi connectivity index (χ2n) is 11.0. The molecule has 1 saturated carbocycles. The van der Waals surface area contributed by atoms with Crippen molar-refractivity contribution in [3.63, 3.8) is 0 Å². The van der Waals surface area contributed by atoms with E-state index in [1.165, 1.54) is 0 Å². The quantitative estimate of drug-likeness (QED) is 0.443. The summed E-state index contributed by atoms with van der Waals surface area (Å²) >= 11 is 0. The van der Waals surface area contributed by atoms with Crippen molar-refractivity contribution < 1.29 is 19.4 Å². The Hall–Kier alpha value is -1.34. The first-order chi connectivity index (χ1) is 12.0. The van der Waals surface area contributed by atoms with E-state index in [-0.39, 0.29) is 29.4 Å². The molecule has 0 radical (unpaired) electrons. The van der Waals surface area contributed by atoms with E-state index in [9.17, 15) is 14.7 Å². The summed E-state index contributed by atoms with van der Waals surface area (Å²) in [7, 11) is 0. The van der Waals surface area contributed by atoms with Gasteiger partial charge in [0.05, 0.1) is 12.6 Å². The maximum absolute atomic E-state index is 13.5. The Morgan fingerprint density at radius 2 is 1.78 bits per heavy atom.